The molecule has 1 aliphatic heterocycles. The number of carboxylic acids is 1. The number of nitrogens with zero attached hydrogens (tertiary/aromatic N) is 1. The lowest BCUT2D eigenvalue weighted by molar-refractivity contribution is -0.144. The molecule has 6 N–H and O–H groups in total. The van der Waals surface area contributed by atoms with Gasteiger partial charge in [0.2, 0.25) is 0 Å². The van der Waals surface area contributed by atoms with E-state index in [-0.39, 0.29) is 0 Å². The smallest absolute Gasteiger partial charge is 0.330 e. The van der Waals surface area contributed by atoms with Crippen molar-refractivity contribution in [2.45, 2.75) is 30.6 Å². The number of rotatable bonds is 3. The maximum Gasteiger partial charge on any atom is 0.330 e. The van der Waals surface area contributed by atoms with Crippen LogP contribution < -0.4 is 17.0 Å². The van der Waals surface area contributed by atoms with Crippen LogP contribution in [0.2, 0.25) is 0 Å². The van der Waals surface area contributed by atoms with Gasteiger partial charge < -0.3 is 25.8 Å². The van der Waals surface area contributed by atoms with Crippen LogP contribution in [0.25, 0.3) is 0 Å². The number of aromatic nitrogens is 2. The number of carbonyl (C=O) groups is 1. The zero-order chi connectivity index (χ0) is 15.0. The molecule has 0 bridgehead atoms. The van der Waals surface area contributed by atoms with Crippen molar-refractivity contribution >= 4 is 5.97 Å². The molecule has 10 nitrogen and oxygen atoms in total. The van der Waals surface area contributed by atoms with Gasteiger partial charge in [0.25, 0.3) is 5.56 Å². The number of nitrogens with two attached hydrogens (primary N) is 1. The fraction of sp³-hybridized carbons (Fsp3) is 0.500. The molecule has 0 spiro atoms. The minimum absolute atomic E-state index is 0.641. The summed E-state index contributed by atoms with van der Waals surface area (Å²) in [6.45, 7) is 0. The van der Waals surface area contributed by atoms with Gasteiger partial charge in [-0.25, -0.2) is 4.79 Å². The maximum absolute atomic E-state index is 11.6. The summed E-state index contributed by atoms with van der Waals surface area (Å²) in [5.41, 5.74) is 3.83. The van der Waals surface area contributed by atoms with E-state index in [0.717, 1.165) is 16.8 Å². The van der Waals surface area contributed by atoms with E-state index in [1.165, 1.54) is 0 Å². The number of aliphatic hydroxyl groups is 2. The number of aromatic amines is 1. The normalized spacial score (nSPS) is 31.1. The van der Waals surface area contributed by atoms with Gasteiger partial charge in [0.1, 0.15) is 24.4 Å². The summed E-state index contributed by atoms with van der Waals surface area (Å²) in [6.07, 6.45) is -4.80. The zero-order valence-electron chi connectivity index (χ0n) is 10.0. The monoisotopic (exact) mass is 287 g/mol. The SMILES string of the molecule is NC(C(=O)O)[C@H]1O[C@@H](n2ccc(=O)[nH]c2=O)[C@H](O)[C@@H]1O. The average Bonchev–Trinajstić information content (AvgIpc) is 2.66. The van der Waals surface area contributed by atoms with Crippen LogP contribution in [-0.2, 0) is 9.53 Å². The molecule has 1 fully saturated rings. The van der Waals surface area contributed by atoms with Crippen LogP contribution in [0.5, 0.6) is 0 Å². The summed E-state index contributed by atoms with van der Waals surface area (Å²) in [7, 11) is 0. The fourth-order valence-corrected chi connectivity index (χ4v) is 1.98. The zero-order valence-corrected chi connectivity index (χ0v) is 10.0. The van der Waals surface area contributed by atoms with Gasteiger partial charge >= 0.3 is 11.7 Å². The molecule has 1 unspecified atom stereocenters. The van der Waals surface area contributed by atoms with Crippen molar-refractivity contribution in [3.05, 3.63) is 33.1 Å². The maximum atomic E-state index is 11.6. The summed E-state index contributed by atoms with van der Waals surface area (Å²) in [5.74, 6) is -1.42. The van der Waals surface area contributed by atoms with E-state index in [9.17, 15) is 24.6 Å². The van der Waals surface area contributed by atoms with Gasteiger partial charge in [0.05, 0.1) is 0 Å². The van der Waals surface area contributed by atoms with Gasteiger partial charge in [-0.2, -0.15) is 0 Å². The third kappa shape index (κ3) is 2.36. The first-order valence-corrected chi connectivity index (χ1v) is 5.64. The van der Waals surface area contributed by atoms with E-state index in [4.69, 9.17) is 15.6 Å². The third-order valence-electron chi connectivity index (χ3n) is 3.04. The van der Waals surface area contributed by atoms with Gasteiger partial charge in [-0.15, -0.1) is 0 Å². The number of carboxylic acid groups (broad SMARTS) is 1. The number of ether oxygens (including phenoxy) is 1. The van der Waals surface area contributed by atoms with E-state index in [2.05, 4.69) is 0 Å². The summed E-state index contributed by atoms with van der Waals surface area (Å²) in [4.78, 5) is 35.3. The van der Waals surface area contributed by atoms with Crippen LogP contribution in [0.15, 0.2) is 21.9 Å². The van der Waals surface area contributed by atoms with Crippen LogP contribution in [0.3, 0.4) is 0 Å². The van der Waals surface area contributed by atoms with E-state index in [1.54, 1.807) is 0 Å². The van der Waals surface area contributed by atoms with Crippen LogP contribution in [0.4, 0.5) is 0 Å². The molecule has 5 atom stereocenters. The molecule has 0 amide bonds. The molecular formula is C10H13N3O7. The molecule has 20 heavy (non-hydrogen) atoms. The second-order valence-corrected chi connectivity index (χ2v) is 4.35. The topological polar surface area (TPSA) is 168 Å². The van der Waals surface area contributed by atoms with E-state index in [1.807, 2.05) is 4.98 Å². The van der Waals surface area contributed by atoms with Crippen LogP contribution in [-0.4, -0.2) is 55.2 Å². The van der Waals surface area contributed by atoms with E-state index < -0.39 is 47.8 Å². The average molecular weight is 287 g/mol. The number of nitrogens with one attached hydrogen (secondary N) is 1. The highest BCUT2D eigenvalue weighted by Crippen LogP contribution is 2.29. The molecule has 1 aromatic heterocycles. The molecule has 10 heteroatoms. The minimum atomic E-state index is -1.58. The van der Waals surface area contributed by atoms with Crippen molar-refractivity contribution in [1.29, 1.82) is 0 Å². The van der Waals surface area contributed by atoms with Crippen molar-refractivity contribution in [1.82, 2.24) is 9.55 Å². The molecule has 2 heterocycles. The highest BCUT2D eigenvalue weighted by Gasteiger charge is 2.48. The molecule has 1 aliphatic rings. The number of hydrogen-bond donors (Lipinski definition) is 5. The van der Waals surface area contributed by atoms with Crippen LogP contribution in [0, 0.1) is 0 Å². The molecule has 1 aromatic rings. The molecule has 0 aliphatic carbocycles. The minimum Gasteiger partial charge on any atom is -0.480 e. The number of aliphatic hydroxyl groups excluding tert-OH is 2. The Labute approximate surface area is 111 Å². The van der Waals surface area contributed by atoms with Gasteiger partial charge in [-0.05, 0) is 0 Å². The predicted octanol–water partition coefficient (Wildman–Crippen LogP) is -3.43. The van der Waals surface area contributed by atoms with Crippen molar-refractivity contribution in [2.75, 3.05) is 0 Å². The van der Waals surface area contributed by atoms with Crippen LogP contribution in [0.1, 0.15) is 6.23 Å². The Morgan fingerprint density at radius 2 is 2.05 bits per heavy atom. The highest BCUT2D eigenvalue weighted by molar-refractivity contribution is 5.74. The largest absolute Gasteiger partial charge is 0.480 e. The Kier molecular flexibility index (Phi) is 3.72. The first-order chi connectivity index (χ1) is 9.32. The number of hydrogen-bond acceptors (Lipinski definition) is 7. The molecule has 1 saturated heterocycles. The quantitative estimate of drug-likeness (QED) is 0.382. The van der Waals surface area contributed by atoms with Crippen molar-refractivity contribution < 1.29 is 24.9 Å². The van der Waals surface area contributed by atoms with Crippen LogP contribution >= 0.6 is 0 Å². The Morgan fingerprint density at radius 1 is 1.40 bits per heavy atom. The molecule has 110 valence electrons. The van der Waals surface area contributed by atoms with Gasteiger partial charge in [-0.3, -0.25) is 19.1 Å². The summed E-state index contributed by atoms with van der Waals surface area (Å²) < 4.78 is 5.99. The van der Waals surface area contributed by atoms with E-state index in [0.29, 0.717) is 0 Å². The second kappa shape index (κ2) is 5.17. The fourth-order valence-electron chi connectivity index (χ4n) is 1.98. The molecular weight excluding hydrogens is 274 g/mol. The molecule has 2 rings (SSSR count). The van der Waals surface area contributed by atoms with Gasteiger partial charge in [0, 0.05) is 12.3 Å². The van der Waals surface area contributed by atoms with Gasteiger partial charge in [-0.1, -0.05) is 0 Å². The highest BCUT2D eigenvalue weighted by atomic mass is 16.6. The Hall–Kier alpha value is -2.01. The lowest BCUT2D eigenvalue weighted by atomic mass is 10.0. The second-order valence-electron chi connectivity index (χ2n) is 4.35. The van der Waals surface area contributed by atoms with E-state index >= 15 is 0 Å². The third-order valence-corrected chi connectivity index (χ3v) is 3.04. The van der Waals surface area contributed by atoms with Crippen molar-refractivity contribution in [2.24, 2.45) is 5.73 Å². The summed E-state index contributed by atoms with van der Waals surface area (Å²) >= 11 is 0. The Bertz CT molecular complexity index is 624. The number of aliphatic carboxylic acids is 1. The van der Waals surface area contributed by atoms with Crippen molar-refractivity contribution in [3.63, 3.8) is 0 Å². The standard InChI is InChI=1S/C10H13N3O7/c11-4(9(17)18)7-5(15)6(16)8(20-7)13-2-1-3(14)12-10(13)19/h1-2,4-8,15-16H,11H2,(H,17,18)(H,12,14,19)/t4?,5-,6+,7+,8+/m0/s1. The predicted molar refractivity (Wildman–Crippen MR) is 62.9 cm³/mol. The Balaban J connectivity index is 2.33. The first kappa shape index (κ1) is 14.4. The lowest BCUT2D eigenvalue weighted by Gasteiger charge is -2.18. The summed E-state index contributed by atoms with van der Waals surface area (Å²) in [6, 6.07) is -0.544. The lowest BCUT2D eigenvalue weighted by Crippen LogP contribution is -2.48. The summed E-state index contributed by atoms with van der Waals surface area (Å²) in [5, 5.41) is 28.4. The Morgan fingerprint density at radius 3 is 2.60 bits per heavy atom. The first-order valence-electron chi connectivity index (χ1n) is 5.64. The molecule has 0 radical (unpaired) electrons. The molecule has 0 aromatic carbocycles. The van der Waals surface area contributed by atoms with Crippen molar-refractivity contribution in [3.8, 4) is 0 Å². The number of H-pyrrole nitrogens is 1. The van der Waals surface area contributed by atoms with Gasteiger partial charge in [0.15, 0.2) is 6.23 Å². The molecule has 0 saturated carbocycles.